The van der Waals surface area contributed by atoms with Crippen molar-refractivity contribution in [1.29, 1.82) is 0 Å². The quantitative estimate of drug-likeness (QED) is 0.645. The van der Waals surface area contributed by atoms with E-state index in [2.05, 4.69) is 5.32 Å². The molecule has 0 aliphatic carbocycles. The number of nitrogens with zero attached hydrogens (tertiary/aromatic N) is 3. The zero-order valence-electron chi connectivity index (χ0n) is 18.8. The molecule has 1 saturated heterocycles. The summed E-state index contributed by atoms with van der Waals surface area (Å²) in [6, 6.07) is 12.4. The van der Waals surface area contributed by atoms with Crippen LogP contribution in [0, 0.1) is 0 Å². The highest BCUT2D eigenvalue weighted by atomic mass is 32.2. The highest BCUT2D eigenvalue weighted by Crippen LogP contribution is 2.31. The molecule has 180 valence electrons. The van der Waals surface area contributed by atoms with E-state index in [4.69, 9.17) is 5.73 Å². The average Bonchev–Trinajstić information content (AvgIpc) is 2.93. The molecule has 3 amide bonds. The largest absolute Gasteiger partial charge is 0.366 e. The van der Waals surface area contributed by atoms with Gasteiger partial charge < -0.3 is 16.0 Å². The number of fused-ring (bicyclic) bond motifs is 1. The van der Waals surface area contributed by atoms with Crippen molar-refractivity contribution in [2.45, 2.75) is 24.3 Å². The lowest BCUT2D eigenvalue weighted by Crippen LogP contribution is -2.52. The van der Waals surface area contributed by atoms with Gasteiger partial charge in [0.15, 0.2) is 0 Å². The summed E-state index contributed by atoms with van der Waals surface area (Å²) in [6.07, 6.45) is 0.195. The lowest BCUT2D eigenvalue weighted by molar-refractivity contribution is -0.120. The van der Waals surface area contributed by atoms with Crippen LogP contribution in [0.3, 0.4) is 0 Å². The summed E-state index contributed by atoms with van der Waals surface area (Å²) in [6.45, 7) is 3.22. The molecule has 2 aromatic carbocycles. The molecule has 11 heteroatoms. The number of piperazine rings is 1. The van der Waals surface area contributed by atoms with Crippen molar-refractivity contribution < 1.29 is 22.8 Å². The number of amides is 3. The van der Waals surface area contributed by atoms with Gasteiger partial charge in [0.1, 0.15) is 0 Å². The zero-order chi connectivity index (χ0) is 24.5. The normalized spacial score (nSPS) is 19.7. The fraction of sp³-hybridized carbons (Fsp3) is 0.348. The van der Waals surface area contributed by atoms with Crippen LogP contribution in [0.25, 0.3) is 0 Å². The van der Waals surface area contributed by atoms with Gasteiger partial charge in [-0.1, -0.05) is 12.1 Å². The highest BCUT2D eigenvalue weighted by molar-refractivity contribution is 7.89. The maximum absolute atomic E-state index is 13.3. The van der Waals surface area contributed by atoms with Crippen molar-refractivity contribution in [3.05, 3.63) is 54.1 Å². The number of hydrogen-bond donors (Lipinski definition) is 2. The number of carbonyl (C=O) groups excluding carboxylic acids is 3. The third-order valence-corrected chi connectivity index (χ3v) is 8.01. The predicted molar refractivity (Wildman–Crippen MR) is 127 cm³/mol. The van der Waals surface area contributed by atoms with Gasteiger partial charge in [0.05, 0.1) is 22.8 Å². The van der Waals surface area contributed by atoms with Crippen molar-refractivity contribution in [2.24, 2.45) is 5.73 Å². The van der Waals surface area contributed by atoms with Crippen molar-refractivity contribution in [3.8, 4) is 0 Å². The van der Waals surface area contributed by atoms with E-state index in [0.717, 1.165) is 0 Å². The van der Waals surface area contributed by atoms with Crippen molar-refractivity contribution >= 4 is 39.1 Å². The molecule has 2 aliphatic heterocycles. The minimum atomic E-state index is -3.72. The second kappa shape index (κ2) is 9.53. The Morgan fingerprint density at radius 3 is 2.32 bits per heavy atom. The molecular weight excluding hydrogens is 458 g/mol. The molecule has 2 aliphatic rings. The molecule has 34 heavy (non-hydrogen) atoms. The summed E-state index contributed by atoms with van der Waals surface area (Å²) in [5.41, 5.74) is 6.72. The number of benzene rings is 2. The lowest BCUT2D eigenvalue weighted by Gasteiger charge is -2.35. The Balaban J connectivity index is 1.41. The number of nitrogens with two attached hydrogens (primary N) is 1. The van der Waals surface area contributed by atoms with Gasteiger partial charge in [-0.3, -0.25) is 19.3 Å². The molecule has 1 atom stereocenters. The molecule has 0 bridgehead atoms. The van der Waals surface area contributed by atoms with Crippen LogP contribution in [-0.2, 0) is 19.6 Å². The summed E-state index contributed by atoms with van der Waals surface area (Å²) in [4.78, 5) is 40.3. The van der Waals surface area contributed by atoms with E-state index in [1.807, 2.05) is 24.0 Å². The number of hydrogen-bond acceptors (Lipinski definition) is 6. The van der Waals surface area contributed by atoms with E-state index in [1.165, 1.54) is 28.6 Å². The fourth-order valence-electron chi connectivity index (χ4n) is 4.30. The third-order valence-electron chi connectivity index (χ3n) is 6.09. The van der Waals surface area contributed by atoms with Gasteiger partial charge >= 0.3 is 0 Å². The van der Waals surface area contributed by atoms with Crippen LogP contribution in [0.4, 0.5) is 11.4 Å². The van der Waals surface area contributed by atoms with E-state index in [9.17, 15) is 22.8 Å². The van der Waals surface area contributed by atoms with Crippen LogP contribution in [-0.4, -0.2) is 74.1 Å². The number of sulfonamides is 1. The van der Waals surface area contributed by atoms with E-state index in [0.29, 0.717) is 24.5 Å². The molecule has 10 nitrogen and oxygen atoms in total. The van der Waals surface area contributed by atoms with E-state index in [-0.39, 0.29) is 54.4 Å². The first-order chi connectivity index (χ1) is 16.2. The molecule has 3 N–H and O–H groups in total. The number of carbonyl (C=O) groups is 3. The maximum atomic E-state index is 13.3. The Labute approximate surface area is 198 Å². The summed E-state index contributed by atoms with van der Waals surface area (Å²) in [5, 5.41) is 2.84. The Hall–Kier alpha value is -3.28. The van der Waals surface area contributed by atoms with Gasteiger partial charge in [-0.2, -0.15) is 4.31 Å². The Morgan fingerprint density at radius 1 is 1.03 bits per heavy atom. The number of rotatable bonds is 5. The van der Waals surface area contributed by atoms with Gasteiger partial charge in [-0.25, -0.2) is 8.42 Å². The first-order valence-electron chi connectivity index (χ1n) is 11.0. The second-order valence-corrected chi connectivity index (χ2v) is 10.4. The molecule has 0 unspecified atom stereocenters. The molecule has 4 rings (SSSR count). The number of anilines is 2. The lowest BCUT2D eigenvalue weighted by atomic mass is 10.1. The van der Waals surface area contributed by atoms with Crippen LogP contribution in [0.2, 0.25) is 0 Å². The first-order valence-corrected chi connectivity index (χ1v) is 12.4. The minimum absolute atomic E-state index is 0.0918. The summed E-state index contributed by atoms with van der Waals surface area (Å²) in [7, 11) is -3.72. The second-order valence-electron chi connectivity index (χ2n) is 8.45. The third kappa shape index (κ3) is 4.81. The van der Waals surface area contributed by atoms with Crippen LogP contribution in [0.15, 0.2) is 53.4 Å². The average molecular weight is 486 g/mol. The van der Waals surface area contributed by atoms with Gasteiger partial charge in [-0.05, 0) is 43.3 Å². The summed E-state index contributed by atoms with van der Waals surface area (Å²) >= 11 is 0. The zero-order valence-corrected chi connectivity index (χ0v) is 19.6. The molecule has 0 radical (unpaired) electrons. The van der Waals surface area contributed by atoms with E-state index < -0.39 is 15.9 Å². The van der Waals surface area contributed by atoms with Crippen LogP contribution < -0.4 is 16.0 Å². The minimum Gasteiger partial charge on any atom is -0.366 e. The van der Waals surface area contributed by atoms with Crippen LogP contribution in [0.5, 0.6) is 0 Å². The molecular formula is C23H27N5O5S. The Kier molecular flexibility index (Phi) is 6.69. The number of nitrogens with one attached hydrogen (secondary N) is 1. The van der Waals surface area contributed by atoms with Crippen molar-refractivity contribution in [2.75, 3.05) is 42.9 Å². The molecule has 2 heterocycles. The van der Waals surface area contributed by atoms with Gasteiger partial charge in [0, 0.05) is 44.2 Å². The van der Waals surface area contributed by atoms with Gasteiger partial charge in [-0.15, -0.1) is 0 Å². The molecule has 1 fully saturated rings. The molecule has 2 aromatic rings. The SMILES string of the molecule is C[C@@H]1CC(=O)Nc2ccccc2N1C(=O)CN1CCN(S(=O)(=O)c2ccc(C(N)=O)cc2)CC1. The summed E-state index contributed by atoms with van der Waals surface area (Å²) < 4.78 is 27.3. The van der Waals surface area contributed by atoms with E-state index >= 15 is 0 Å². The Morgan fingerprint density at radius 2 is 1.68 bits per heavy atom. The fourth-order valence-corrected chi connectivity index (χ4v) is 5.73. The number of primary amides is 1. The smallest absolute Gasteiger partial charge is 0.248 e. The van der Waals surface area contributed by atoms with Crippen molar-refractivity contribution in [3.63, 3.8) is 0 Å². The molecule has 0 aromatic heterocycles. The number of para-hydroxylation sites is 2. The Bertz CT molecular complexity index is 1210. The predicted octanol–water partition coefficient (Wildman–Crippen LogP) is 0.856. The van der Waals surface area contributed by atoms with Crippen LogP contribution >= 0.6 is 0 Å². The topological polar surface area (TPSA) is 133 Å². The monoisotopic (exact) mass is 485 g/mol. The van der Waals surface area contributed by atoms with Crippen molar-refractivity contribution in [1.82, 2.24) is 9.21 Å². The standard InChI is InChI=1S/C23H27N5O5S/c1-16-14-21(29)25-19-4-2-3-5-20(19)28(16)22(30)15-26-10-12-27(13-11-26)34(32,33)18-8-6-17(7-9-18)23(24)31/h2-9,16H,10-15H2,1H3,(H2,24,31)(H,25,29)/t16-/m1/s1. The molecule has 0 spiro atoms. The van der Waals surface area contributed by atoms with Gasteiger partial charge in [0.2, 0.25) is 27.7 Å². The first kappa shape index (κ1) is 23.9. The summed E-state index contributed by atoms with van der Waals surface area (Å²) in [5.74, 6) is -0.906. The van der Waals surface area contributed by atoms with Crippen LogP contribution in [0.1, 0.15) is 23.7 Å². The molecule has 0 saturated carbocycles. The highest BCUT2D eigenvalue weighted by Gasteiger charge is 2.33. The van der Waals surface area contributed by atoms with Gasteiger partial charge in [0.25, 0.3) is 0 Å². The maximum Gasteiger partial charge on any atom is 0.248 e. The van der Waals surface area contributed by atoms with E-state index in [1.54, 1.807) is 17.0 Å².